The van der Waals surface area contributed by atoms with Gasteiger partial charge in [-0.1, -0.05) is 31.4 Å². The summed E-state index contributed by atoms with van der Waals surface area (Å²) in [6, 6.07) is 22.5. The number of nitrogens with one attached hydrogen (secondary N) is 2. The number of hydrogen-bond acceptors (Lipinski definition) is 5. The van der Waals surface area contributed by atoms with Crippen LogP contribution in [0.5, 0.6) is 0 Å². The predicted molar refractivity (Wildman–Crippen MR) is 152 cm³/mol. The Labute approximate surface area is 225 Å². The number of carbonyl (C=O) groups is 1. The lowest BCUT2D eigenvalue weighted by molar-refractivity contribution is -0.114. The highest BCUT2D eigenvalue weighted by Gasteiger charge is 2.18. The van der Waals surface area contributed by atoms with Crippen LogP contribution < -0.4 is 16.0 Å². The van der Waals surface area contributed by atoms with Crippen molar-refractivity contribution in [2.24, 2.45) is 4.99 Å². The molecule has 0 bridgehead atoms. The standard InChI is InChI=1S/C31H29FN6O/c1-20(39)34-31-16-13-23(19-33-31)36-26-17-28-30(18-27(26)35-22-7-3-2-4-8-22)38(24-14-11-21(32)12-15-24)29-10-6-5-9-25(29)37-28/h5-6,9-19,22,36H,2-4,7-8H2,1H3,(H,33,34,39)/b35-27+. The van der Waals surface area contributed by atoms with Crippen molar-refractivity contribution in [3.63, 3.8) is 0 Å². The van der Waals surface area contributed by atoms with Gasteiger partial charge in [-0.25, -0.2) is 14.4 Å². The highest BCUT2D eigenvalue weighted by Crippen LogP contribution is 2.31. The summed E-state index contributed by atoms with van der Waals surface area (Å²) in [6.45, 7) is 1.46. The first-order chi connectivity index (χ1) is 19.0. The molecule has 0 atom stereocenters. The first-order valence-electron chi connectivity index (χ1n) is 13.3. The molecule has 0 saturated heterocycles. The third-order valence-electron chi connectivity index (χ3n) is 7.03. The lowest BCUT2D eigenvalue weighted by atomic mass is 9.96. The zero-order valence-electron chi connectivity index (χ0n) is 21.7. The molecule has 39 heavy (non-hydrogen) atoms. The van der Waals surface area contributed by atoms with Gasteiger partial charge in [-0.15, -0.1) is 0 Å². The number of fused-ring (bicyclic) bond motifs is 2. The number of aromatic nitrogens is 3. The Balaban J connectivity index is 1.54. The van der Waals surface area contributed by atoms with Gasteiger partial charge in [0, 0.05) is 12.6 Å². The fraction of sp³-hybridized carbons (Fsp3) is 0.226. The van der Waals surface area contributed by atoms with Gasteiger partial charge >= 0.3 is 0 Å². The normalized spacial score (nSPS) is 14.6. The second-order valence-corrected chi connectivity index (χ2v) is 9.93. The second-order valence-electron chi connectivity index (χ2n) is 9.93. The fourth-order valence-electron chi connectivity index (χ4n) is 5.20. The summed E-state index contributed by atoms with van der Waals surface area (Å²) in [5.41, 5.74) is 5.89. The molecule has 1 saturated carbocycles. The van der Waals surface area contributed by atoms with Crippen molar-refractivity contribution in [3.05, 3.63) is 90.2 Å². The Kier molecular flexibility index (Phi) is 6.75. The molecule has 0 radical (unpaired) electrons. The van der Waals surface area contributed by atoms with Crippen LogP contribution in [0.3, 0.4) is 0 Å². The SMILES string of the molecule is CC(=O)Nc1ccc(Nc2cc3nc4ccccc4n(-c4ccc(F)cc4)c-3c/c2=N\C2CCCCC2)cn1. The summed E-state index contributed by atoms with van der Waals surface area (Å²) in [4.78, 5) is 25.9. The van der Waals surface area contributed by atoms with E-state index in [1.54, 1.807) is 24.4 Å². The molecule has 3 aromatic rings. The molecule has 2 aromatic carbocycles. The molecule has 3 aliphatic rings. The van der Waals surface area contributed by atoms with E-state index in [0.29, 0.717) is 5.82 Å². The minimum atomic E-state index is -0.278. The van der Waals surface area contributed by atoms with Crippen LogP contribution in [0.2, 0.25) is 0 Å². The maximum Gasteiger partial charge on any atom is 0.222 e. The van der Waals surface area contributed by atoms with Crippen molar-refractivity contribution < 1.29 is 9.18 Å². The summed E-state index contributed by atoms with van der Waals surface area (Å²) in [7, 11) is 0. The molecule has 7 nitrogen and oxygen atoms in total. The minimum Gasteiger partial charge on any atom is -0.352 e. The second kappa shape index (κ2) is 10.6. The number of halogens is 1. The Morgan fingerprint density at radius 3 is 2.54 bits per heavy atom. The van der Waals surface area contributed by atoms with Crippen LogP contribution in [0, 0.1) is 5.82 Å². The average molecular weight is 521 g/mol. The van der Waals surface area contributed by atoms with Crippen LogP contribution in [0.15, 0.2) is 84.0 Å². The van der Waals surface area contributed by atoms with Gasteiger partial charge < -0.3 is 15.2 Å². The zero-order chi connectivity index (χ0) is 26.8. The number of anilines is 3. The van der Waals surface area contributed by atoms with Gasteiger partial charge in [0.2, 0.25) is 5.91 Å². The fourth-order valence-corrected chi connectivity index (χ4v) is 5.20. The summed E-state index contributed by atoms with van der Waals surface area (Å²) < 4.78 is 15.9. The smallest absolute Gasteiger partial charge is 0.222 e. The third-order valence-corrected chi connectivity index (χ3v) is 7.03. The number of nitrogens with zero attached hydrogens (tertiary/aromatic N) is 4. The molecule has 0 unspecified atom stereocenters. The highest BCUT2D eigenvalue weighted by molar-refractivity contribution is 5.88. The van der Waals surface area contributed by atoms with Gasteiger partial charge in [0.1, 0.15) is 11.6 Å². The lowest BCUT2D eigenvalue weighted by Crippen LogP contribution is -2.19. The van der Waals surface area contributed by atoms with E-state index >= 15 is 0 Å². The largest absolute Gasteiger partial charge is 0.352 e. The van der Waals surface area contributed by atoms with E-state index in [1.807, 2.05) is 36.4 Å². The first-order valence-corrected chi connectivity index (χ1v) is 13.3. The van der Waals surface area contributed by atoms with Crippen molar-refractivity contribution in [2.75, 3.05) is 10.6 Å². The molecule has 1 aromatic heterocycles. The molecule has 8 heteroatoms. The lowest BCUT2D eigenvalue weighted by Gasteiger charge is -2.21. The molecule has 1 aliphatic heterocycles. The van der Waals surface area contributed by atoms with Crippen LogP contribution in [-0.4, -0.2) is 26.5 Å². The Hall–Kier alpha value is -4.59. The van der Waals surface area contributed by atoms with Crippen molar-refractivity contribution in [1.82, 2.24) is 14.5 Å². The van der Waals surface area contributed by atoms with E-state index in [-0.39, 0.29) is 17.8 Å². The van der Waals surface area contributed by atoms with E-state index in [9.17, 15) is 9.18 Å². The number of pyridine rings is 1. The van der Waals surface area contributed by atoms with Crippen LogP contribution in [0.25, 0.3) is 28.1 Å². The predicted octanol–water partition coefficient (Wildman–Crippen LogP) is 6.60. The molecule has 196 valence electrons. The van der Waals surface area contributed by atoms with Gasteiger partial charge in [-0.05, 0) is 73.5 Å². The van der Waals surface area contributed by atoms with Crippen molar-refractivity contribution >= 4 is 34.1 Å². The first kappa shape index (κ1) is 24.7. The van der Waals surface area contributed by atoms with E-state index in [1.165, 1.54) is 38.3 Å². The van der Waals surface area contributed by atoms with Crippen LogP contribution in [-0.2, 0) is 4.79 Å². The number of benzene rings is 3. The van der Waals surface area contributed by atoms with E-state index in [2.05, 4.69) is 26.3 Å². The Morgan fingerprint density at radius 1 is 1.00 bits per heavy atom. The van der Waals surface area contributed by atoms with Crippen molar-refractivity contribution in [3.8, 4) is 17.1 Å². The molecule has 1 amide bonds. The molecule has 6 rings (SSSR count). The van der Waals surface area contributed by atoms with E-state index < -0.39 is 0 Å². The summed E-state index contributed by atoms with van der Waals surface area (Å²) in [6.07, 6.45) is 7.44. The molecule has 2 N–H and O–H groups in total. The van der Waals surface area contributed by atoms with Crippen LogP contribution in [0.4, 0.5) is 21.6 Å². The minimum absolute atomic E-state index is 0.168. The van der Waals surface area contributed by atoms with Gasteiger partial charge in [0.05, 0.1) is 51.4 Å². The highest BCUT2D eigenvalue weighted by atomic mass is 19.1. The van der Waals surface area contributed by atoms with Gasteiger partial charge in [0.15, 0.2) is 0 Å². The molecule has 0 spiro atoms. The quantitative estimate of drug-likeness (QED) is 0.256. The Morgan fingerprint density at radius 2 is 1.79 bits per heavy atom. The monoisotopic (exact) mass is 520 g/mol. The molecule has 2 heterocycles. The summed E-state index contributed by atoms with van der Waals surface area (Å²) in [5, 5.41) is 7.02. The number of carbonyl (C=O) groups excluding carboxylic acids is 1. The van der Waals surface area contributed by atoms with Gasteiger partial charge in [-0.3, -0.25) is 9.79 Å². The number of amides is 1. The molecular weight excluding hydrogens is 491 g/mol. The van der Waals surface area contributed by atoms with Crippen LogP contribution >= 0.6 is 0 Å². The topological polar surface area (TPSA) is 84.2 Å². The maximum absolute atomic E-state index is 13.8. The van der Waals surface area contributed by atoms with Crippen LogP contribution in [0.1, 0.15) is 39.0 Å². The molecular formula is C31H29FN6O. The zero-order valence-corrected chi connectivity index (χ0v) is 21.7. The maximum atomic E-state index is 13.8. The number of rotatable bonds is 5. The summed E-state index contributed by atoms with van der Waals surface area (Å²) >= 11 is 0. The van der Waals surface area contributed by atoms with Gasteiger partial charge in [-0.2, -0.15) is 0 Å². The Bertz CT molecular complexity index is 1670. The average Bonchev–Trinajstić information content (AvgIpc) is 2.94. The van der Waals surface area contributed by atoms with Crippen molar-refractivity contribution in [2.45, 2.75) is 45.1 Å². The van der Waals surface area contributed by atoms with Gasteiger partial charge in [0.25, 0.3) is 0 Å². The third kappa shape index (κ3) is 5.36. The molecule has 2 aliphatic carbocycles. The molecule has 1 fully saturated rings. The van der Waals surface area contributed by atoms with E-state index in [4.69, 9.17) is 9.98 Å². The van der Waals surface area contributed by atoms with E-state index in [0.717, 1.165) is 57.7 Å². The number of para-hydroxylation sites is 2. The number of hydrogen-bond donors (Lipinski definition) is 2. The van der Waals surface area contributed by atoms with Crippen molar-refractivity contribution in [1.29, 1.82) is 0 Å². The summed E-state index contributed by atoms with van der Waals surface area (Å²) in [5.74, 6) is 0.0471.